The van der Waals surface area contributed by atoms with E-state index in [1.165, 1.54) is 11.0 Å². The fourth-order valence-corrected chi connectivity index (χ4v) is 3.27. The molecule has 1 N–H and O–H groups in total. The van der Waals surface area contributed by atoms with Crippen LogP contribution in [0.15, 0.2) is 18.2 Å². The second kappa shape index (κ2) is 8.08. The minimum absolute atomic E-state index is 0.0561. The van der Waals surface area contributed by atoms with Crippen LogP contribution in [0, 0.1) is 5.82 Å². The predicted octanol–water partition coefficient (Wildman–Crippen LogP) is 1.76. The van der Waals surface area contributed by atoms with Gasteiger partial charge in [-0.25, -0.2) is 9.18 Å². The number of carbonyl (C=O) groups is 2. The molecular weight excluding hydrogens is 371 g/mol. The third-order valence-corrected chi connectivity index (χ3v) is 4.91. The van der Waals surface area contributed by atoms with Crippen LogP contribution in [0.1, 0.15) is 13.3 Å². The molecule has 1 aromatic carbocycles. The number of amides is 2. The van der Waals surface area contributed by atoms with Gasteiger partial charge in [-0.1, -0.05) is 12.2 Å². The van der Waals surface area contributed by atoms with Crippen molar-refractivity contribution >= 4 is 40.6 Å². The summed E-state index contributed by atoms with van der Waals surface area (Å²) in [5.41, 5.74) is 0.884. The molecule has 1 aromatic rings. The van der Waals surface area contributed by atoms with Crippen molar-refractivity contribution in [2.75, 3.05) is 49.6 Å². The quantitative estimate of drug-likeness (QED) is 0.785. The highest BCUT2D eigenvalue weighted by Gasteiger charge is 2.33. The van der Waals surface area contributed by atoms with Crippen LogP contribution < -0.4 is 15.1 Å². The molecule has 3 rings (SSSR count). The van der Waals surface area contributed by atoms with Gasteiger partial charge in [0.2, 0.25) is 5.91 Å². The van der Waals surface area contributed by atoms with Crippen molar-refractivity contribution in [3.8, 4) is 0 Å². The SMILES string of the molecule is CC(=S)NC[C@H]1CN(c2ccc(N3CCC(=O)N(C)CC3)c(F)c2)C(=O)O1. The molecule has 0 radical (unpaired) electrons. The van der Waals surface area contributed by atoms with E-state index in [1.807, 2.05) is 4.90 Å². The number of benzene rings is 1. The molecule has 0 aliphatic carbocycles. The van der Waals surface area contributed by atoms with Gasteiger partial charge in [-0.3, -0.25) is 9.69 Å². The van der Waals surface area contributed by atoms with E-state index < -0.39 is 11.9 Å². The van der Waals surface area contributed by atoms with Crippen LogP contribution in [-0.2, 0) is 9.53 Å². The van der Waals surface area contributed by atoms with Gasteiger partial charge < -0.3 is 19.9 Å². The number of hydrogen-bond donors (Lipinski definition) is 1. The molecule has 2 aliphatic rings. The molecule has 9 heteroatoms. The highest BCUT2D eigenvalue weighted by atomic mass is 32.1. The first-order valence-corrected chi connectivity index (χ1v) is 9.27. The number of ether oxygens (including phenoxy) is 1. The van der Waals surface area contributed by atoms with Gasteiger partial charge in [0.25, 0.3) is 0 Å². The summed E-state index contributed by atoms with van der Waals surface area (Å²) in [4.78, 5) is 29.5. The number of likely N-dealkylation sites (N-methyl/N-ethyl adjacent to an activating group) is 1. The molecule has 146 valence electrons. The molecule has 0 bridgehead atoms. The van der Waals surface area contributed by atoms with Crippen LogP contribution in [-0.4, -0.2) is 67.8 Å². The molecule has 27 heavy (non-hydrogen) atoms. The Morgan fingerprint density at radius 2 is 2.11 bits per heavy atom. The van der Waals surface area contributed by atoms with E-state index in [4.69, 9.17) is 17.0 Å². The molecule has 2 amide bonds. The monoisotopic (exact) mass is 394 g/mol. The number of halogens is 1. The minimum Gasteiger partial charge on any atom is -0.442 e. The summed E-state index contributed by atoms with van der Waals surface area (Å²) in [6, 6.07) is 4.70. The van der Waals surface area contributed by atoms with Crippen molar-refractivity contribution in [2.24, 2.45) is 0 Å². The maximum atomic E-state index is 14.7. The van der Waals surface area contributed by atoms with E-state index in [0.29, 0.717) is 55.5 Å². The van der Waals surface area contributed by atoms with Crippen LogP contribution in [0.25, 0.3) is 0 Å². The smallest absolute Gasteiger partial charge is 0.414 e. The van der Waals surface area contributed by atoms with Crippen molar-refractivity contribution < 1.29 is 18.7 Å². The summed E-state index contributed by atoms with van der Waals surface area (Å²) in [5.74, 6) is -0.367. The topological polar surface area (TPSA) is 65.1 Å². The largest absolute Gasteiger partial charge is 0.442 e. The van der Waals surface area contributed by atoms with Crippen LogP contribution in [0.5, 0.6) is 0 Å². The highest BCUT2D eigenvalue weighted by Crippen LogP contribution is 2.28. The van der Waals surface area contributed by atoms with E-state index in [0.717, 1.165) is 0 Å². The Bertz CT molecular complexity index is 760. The number of thiocarbonyl (C=S) groups is 1. The van der Waals surface area contributed by atoms with Gasteiger partial charge in [0.1, 0.15) is 11.9 Å². The number of cyclic esters (lactones) is 1. The fraction of sp³-hybridized carbons (Fsp3) is 0.500. The van der Waals surface area contributed by atoms with Crippen LogP contribution in [0.4, 0.5) is 20.6 Å². The Morgan fingerprint density at radius 1 is 1.33 bits per heavy atom. The normalized spacial score (nSPS) is 20.6. The van der Waals surface area contributed by atoms with Gasteiger partial charge in [-0.05, 0) is 25.1 Å². The molecule has 7 nitrogen and oxygen atoms in total. The third kappa shape index (κ3) is 4.47. The second-order valence-electron chi connectivity index (χ2n) is 6.74. The summed E-state index contributed by atoms with van der Waals surface area (Å²) < 4.78 is 20.0. The van der Waals surface area contributed by atoms with Crippen LogP contribution >= 0.6 is 12.2 Å². The van der Waals surface area contributed by atoms with Gasteiger partial charge in [0.15, 0.2) is 0 Å². The summed E-state index contributed by atoms with van der Waals surface area (Å²) >= 11 is 4.96. The van der Waals surface area contributed by atoms with Gasteiger partial charge in [0, 0.05) is 33.1 Å². The molecule has 0 saturated carbocycles. The second-order valence-corrected chi connectivity index (χ2v) is 7.35. The third-order valence-electron chi connectivity index (χ3n) is 4.76. The van der Waals surface area contributed by atoms with E-state index in [9.17, 15) is 14.0 Å². The Balaban J connectivity index is 1.70. The van der Waals surface area contributed by atoms with Crippen molar-refractivity contribution in [2.45, 2.75) is 19.4 Å². The lowest BCUT2D eigenvalue weighted by Gasteiger charge is -2.24. The Labute approximate surface area is 163 Å². The van der Waals surface area contributed by atoms with Gasteiger partial charge in [0.05, 0.1) is 29.5 Å². The number of hydrogen-bond acceptors (Lipinski definition) is 5. The predicted molar refractivity (Wildman–Crippen MR) is 105 cm³/mol. The van der Waals surface area contributed by atoms with Crippen LogP contribution in [0.2, 0.25) is 0 Å². The molecule has 2 heterocycles. The summed E-state index contributed by atoms with van der Waals surface area (Å²) in [6.45, 7) is 4.09. The zero-order valence-corrected chi connectivity index (χ0v) is 16.2. The fourth-order valence-electron chi connectivity index (χ4n) is 3.19. The molecule has 1 atom stereocenters. The molecule has 2 fully saturated rings. The zero-order chi connectivity index (χ0) is 19.6. The zero-order valence-electron chi connectivity index (χ0n) is 15.4. The Hall–Kier alpha value is -2.42. The molecular formula is C18H23FN4O3S. The number of anilines is 2. The van der Waals surface area contributed by atoms with Gasteiger partial charge in [-0.2, -0.15) is 0 Å². The van der Waals surface area contributed by atoms with Gasteiger partial charge in [-0.15, -0.1) is 0 Å². The molecule has 0 spiro atoms. The van der Waals surface area contributed by atoms with Crippen molar-refractivity contribution in [3.05, 3.63) is 24.0 Å². The highest BCUT2D eigenvalue weighted by molar-refractivity contribution is 7.80. The lowest BCUT2D eigenvalue weighted by Crippen LogP contribution is -2.32. The average molecular weight is 394 g/mol. The number of nitrogens with one attached hydrogen (secondary N) is 1. The average Bonchev–Trinajstić information content (AvgIpc) is 2.92. The van der Waals surface area contributed by atoms with Crippen molar-refractivity contribution in [1.82, 2.24) is 10.2 Å². The maximum Gasteiger partial charge on any atom is 0.414 e. The lowest BCUT2D eigenvalue weighted by molar-refractivity contribution is -0.129. The lowest BCUT2D eigenvalue weighted by atomic mass is 10.2. The molecule has 2 aliphatic heterocycles. The minimum atomic E-state index is -0.502. The van der Waals surface area contributed by atoms with Crippen LogP contribution in [0.3, 0.4) is 0 Å². The first kappa shape index (κ1) is 19.3. The molecule has 2 saturated heterocycles. The van der Waals surface area contributed by atoms with E-state index >= 15 is 0 Å². The van der Waals surface area contributed by atoms with E-state index in [1.54, 1.807) is 31.0 Å². The molecule has 0 unspecified atom stereocenters. The van der Waals surface area contributed by atoms with Crippen molar-refractivity contribution in [1.29, 1.82) is 0 Å². The van der Waals surface area contributed by atoms with E-state index in [-0.39, 0.29) is 12.0 Å². The number of nitrogens with zero attached hydrogens (tertiary/aromatic N) is 3. The number of carbonyl (C=O) groups excluding carboxylic acids is 2. The Morgan fingerprint density at radius 3 is 2.81 bits per heavy atom. The first-order valence-electron chi connectivity index (χ1n) is 8.86. The first-order chi connectivity index (χ1) is 12.8. The summed E-state index contributed by atoms with van der Waals surface area (Å²) in [7, 11) is 1.75. The summed E-state index contributed by atoms with van der Waals surface area (Å²) in [5, 5.41) is 2.97. The van der Waals surface area contributed by atoms with Gasteiger partial charge >= 0.3 is 6.09 Å². The standard InChI is InChI=1S/C18H23FN4O3S/c1-12(27)20-10-14-11-23(18(25)26-14)13-3-4-16(15(19)9-13)22-6-5-17(24)21(2)7-8-22/h3-4,9,14H,5-8,10-11H2,1-2H3,(H,20,27)/t14-/m0/s1. The summed E-state index contributed by atoms with van der Waals surface area (Å²) in [6.07, 6.45) is -0.493. The van der Waals surface area contributed by atoms with E-state index in [2.05, 4.69) is 5.32 Å². The van der Waals surface area contributed by atoms with Crippen molar-refractivity contribution in [3.63, 3.8) is 0 Å². The molecule has 0 aromatic heterocycles. The Kier molecular flexibility index (Phi) is 5.79. The number of rotatable bonds is 4. The maximum absolute atomic E-state index is 14.7.